The van der Waals surface area contributed by atoms with Gasteiger partial charge in [0.1, 0.15) is 10.9 Å². The van der Waals surface area contributed by atoms with Crippen LogP contribution in [0.3, 0.4) is 0 Å². The minimum Gasteiger partial charge on any atom is -0.465 e. The maximum absolute atomic E-state index is 12.0. The summed E-state index contributed by atoms with van der Waals surface area (Å²) in [6.45, 7) is 0.526. The molecular weight excluding hydrogens is 364 g/mol. The summed E-state index contributed by atoms with van der Waals surface area (Å²) in [5.41, 5.74) is -0.514. The van der Waals surface area contributed by atoms with Gasteiger partial charge in [0.05, 0.1) is 23.9 Å². The molecule has 8 heteroatoms. The van der Waals surface area contributed by atoms with Crippen molar-refractivity contribution in [3.63, 3.8) is 0 Å². The zero-order chi connectivity index (χ0) is 18.8. The zero-order valence-electron chi connectivity index (χ0n) is 15.0. The lowest BCUT2D eigenvalue weighted by atomic mass is 9.48. The fourth-order valence-electron chi connectivity index (χ4n) is 6.80. The number of anilines is 1. The van der Waals surface area contributed by atoms with Gasteiger partial charge < -0.3 is 20.4 Å². The molecular formula is C19H24N4O3S. The number of aromatic nitrogens is 1. The molecule has 0 spiro atoms. The molecule has 6 rings (SSSR count). The second-order valence-corrected chi connectivity index (χ2v) is 9.95. The molecule has 4 aliphatic carbocycles. The Hall–Kier alpha value is -1.85. The number of carbonyl (C=O) groups is 1. The van der Waals surface area contributed by atoms with Crippen LogP contribution in [0.4, 0.5) is 9.93 Å². The molecule has 1 amide bonds. The van der Waals surface area contributed by atoms with Crippen molar-refractivity contribution < 1.29 is 15.0 Å². The lowest BCUT2D eigenvalue weighted by Gasteiger charge is -2.60. The van der Waals surface area contributed by atoms with E-state index in [1.54, 1.807) is 11.1 Å². The average molecular weight is 388 g/mol. The summed E-state index contributed by atoms with van der Waals surface area (Å²) in [5.74, 6) is 1.71. The van der Waals surface area contributed by atoms with Crippen LogP contribution in [0.25, 0.3) is 0 Å². The molecule has 4 saturated carbocycles. The van der Waals surface area contributed by atoms with E-state index < -0.39 is 11.7 Å². The third kappa shape index (κ3) is 2.79. The first-order valence-corrected chi connectivity index (χ1v) is 10.6. The molecule has 1 saturated heterocycles. The predicted octanol–water partition coefficient (Wildman–Crippen LogP) is 2.73. The molecule has 4 bridgehead atoms. The fraction of sp³-hybridized carbons (Fsp3) is 0.737. The summed E-state index contributed by atoms with van der Waals surface area (Å²) in [7, 11) is 0. The molecule has 2 heterocycles. The van der Waals surface area contributed by atoms with E-state index in [9.17, 15) is 15.0 Å². The van der Waals surface area contributed by atoms with Crippen molar-refractivity contribution in [2.24, 2.45) is 23.7 Å². The third-order valence-corrected chi connectivity index (χ3v) is 8.16. The van der Waals surface area contributed by atoms with E-state index in [0.29, 0.717) is 40.2 Å². The third-order valence-electron chi connectivity index (χ3n) is 7.33. The second-order valence-electron chi connectivity index (χ2n) is 8.92. The Morgan fingerprint density at radius 1 is 1.37 bits per heavy atom. The minimum atomic E-state index is -0.853. The summed E-state index contributed by atoms with van der Waals surface area (Å²) in [4.78, 5) is 18.4. The molecule has 5 unspecified atom stereocenters. The molecule has 5 fully saturated rings. The number of nitrogens with zero attached hydrogens (tertiary/aromatic N) is 3. The van der Waals surface area contributed by atoms with Gasteiger partial charge in [-0.25, -0.2) is 9.78 Å². The smallest absolute Gasteiger partial charge is 0.407 e. The number of thiazole rings is 1. The van der Waals surface area contributed by atoms with E-state index in [1.807, 2.05) is 0 Å². The molecule has 1 aromatic heterocycles. The summed E-state index contributed by atoms with van der Waals surface area (Å²) in [6, 6.07) is 2.03. The van der Waals surface area contributed by atoms with E-state index in [4.69, 9.17) is 5.26 Å². The van der Waals surface area contributed by atoms with Crippen LogP contribution >= 0.6 is 11.3 Å². The van der Waals surface area contributed by atoms with E-state index >= 15 is 0 Å². The molecule has 7 nitrogen and oxygen atoms in total. The highest BCUT2D eigenvalue weighted by Gasteiger charge is 2.59. The van der Waals surface area contributed by atoms with Gasteiger partial charge in [-0.1, -0.05) is 11.3 Å². The van der Waals surface area contributed by atoms with Crippen molar-refractivity contribution in [1.82, 2.24) is 9.88 Å². The van der Waals surface area contributed by atoms with E-state index in [2.05, 4.69) is 16.4 Å². The molecule has 7 atom stereocenters. The Balaban J connectivity index is 1.43. The van der Waals surface area contributed by atoms with Crippen molar-refractivity contribution in [3.05, 3.63) is 11.1 Å². The van der Waals surface area contributed by atoms with E-state index in [0.717, 1.165) is 38.5 Å². The summed E-state index contributed by atoms with van der Waals surface area (Å²) < 4.78 is 0. The maximum atomic E-state index is 12.0. The van der Waals surface area contributed by atoms with Crippen LogP contribution in [-0.2, 0) is 0 Å². The number of likely N-dealkylation sites (tertiary alicyclic amines) is 1. The van der Waals surface area contributed by atoms with Gasteiger partial charge >= 0.3 is 6.09 Å². The highest BCUT2D eigenvalue weighted by Crippen LogP contribution is 2.60. The van der Waals surface area contributed by atoms with E-state index in [-0.39, 0.29) is 12.1 Å². The lowest BCUT2D eigenvalue weighted by molar-refractivity contribution is -0.162. The number of rotatable bonds is 3. The normalized spacial score (nSPS) is 42.3. The van der Waals surface area contributed by atoms with Crippen molar-refractivity contribution in [1.29, 1.82) is 5.26 Å². The van der Waals surface area contributed by atoms with Crippen LogP contribution in [0.15, 0.2) is 6.20 Å². The van der Waals surface area contributed by atoms with Crippen molar-refractivity contribution in [3.8, 4) is 6.07 Å². The van der Waals surface area contributed by atoms with Crippen LogP contribution in [0.1, 0.15) is 43.4 Å². The van der Waals surface area contributed by atoms with Crippen LogP contribution < -0.4 is 5.32 Å². The predicted molar refractivity (Wildman–Crippen MR) is 99.4 cm³/mol. The van der Waals surface area contributed by atoms with Gasteiger partial charge in [0.25, 0.3) is 0 Å². The van der Waals surface area contributed by atoms with Crippen LogP contribution in [-0.4, -0.2) is 50.4 Å². The van der Waals surface area contributed by atoms with Gasteiger partial charge in [0, 0.05) is 6.54 Å². The number of carboxylic acid groups (broad SMARTS) is 1. The first-order chi connectivity index (χ1) is 13.0. The van der Waals surface area contributed by atoms with Crippen LogP contribution in [0, 0.1) is 35.0 Å². The first-order valence-electron chi connectivity index (χ1n) is 9.80. The highest BCUT2D eigenvalue weighted by molar-refractivity contribution is 7.16. The monoisotopic (exact) mass is 388 g/mol. The van der Waals surface area contributed by atoms with Gasteiger partial charge in [0.15, 0.2) is 5.13 Å². The maximum Gasteiger partial charge on any atom is 0.407 e. The number of aliphatic hydroxyl groups is 1. The number of amides is 1. The Morgan fingerprint density at radius 3 is 2.70 bits per heavy atom. The Labute approximate surface area is 162 Å². The Morgan fingerprint density at radius 2 is 2.11 bits per heavy atom. The van der Waals surface area contributed by atoms with Crippen molar-refractivity contribution >= 4 is 22.6 Å². The van der Waals surface area contributed by atoms with Crippen molar-refractivity contribution in [2.45, 2.75) is 56.2 Å². The number of hydrogen-bond acceptors (Lipinski definition) is 6. The van der Waals surface area contributed by atoms with Crippen LogP contribution in [0.2, 0.25) is 0 Å². The first kappa shape index (κ1) is 17.3. The summed E-state index contributed by atoms with van der Waals surface area (Å²) >= 11 is 1.32. The largest absolute Gasteiger partial charge is 0.465 e. The molecule has 1 aromatic rings. The van der Waals surface area contributed by atoms with Gasteiger partial charge in [-0.3, -0.25) is 0 Å². The van der Waals surface area contributed by atoms with Crippen molar-refractivity contribution in [2.75, 3.05) is 11.9 Å². The molecule has 3 N–H and O–H groups in total. The molecule has 144 valence electrons. The quantitative estimate of drug-likeness (QED) is 0.734. The molecule has 0 aromatic carbocycles. The van der Waals surface area contributed by atoms with Gasteiger partial charge in [-0.15, -0.1) is 0 Å². The van der Waals surface area contributed by atoms with Gasteiger partial charge in [0.2, 0.25) is 0 Å². The fourth-order valence-corrected chi connectivity index (χ4v) is 7.48. The molecule has 5 aliphatic rings. The van der Waals surface area contributed by atoms with Gasteiger partial charge in [-0.05, 0) is 62.2 Å². The lowest BCUT2D eigenvalue weighted by Crippen LogP contribution is -2.61. The minimum absolute atomic E-state index is 0.0102. The standard InChI is InChI=1S/C19H24N4O3S/c20-8-13-9-21-17(27-13)22-14-1-2-23(18(24)25)16(14)15-11-3-10-4-12(15)7-19(26,5-10)6-11/h9-12,14-16,26H,1-7H2,(H,21,22)(H,24,25)/t10?,11-,12?,14?,15?,16-,19?/m0/s1. The van der Waals surface area contributed by atoms with Crippen LogP contribution in [0.5, 0.6) is 0 Å². The molecule has 1 aliphatic heterocycles. The number of nitrogens with one attached hydrogen (secondary N) is 1. The SMILES string of the molecule is N#Cc1cnc(NC2CCN(C(=O)O)[C@@H]2C2C3CC4C[C@H]2CC(O)(C4)C3)s1. The highest BCUT2D eigenvalue weighted by atomic mass is 32.1. The van der Waals surface area contributed by atoms with Gasteiger partial charge in [-0.2, -0.15) is 5.26 Å². The Kier molecular flexibility index (Phi) is 3.89. The number of hydrogen-bond donors (Lipinski definition) is 3. The zero-order valence-corrected chi connectivity index (χ0v) is 15.9. The second kappa shape index (κ2) is 6.08. The average Bonchev–Trinajstić information content (AvgIpc) is 3.21. The topological polar surface area (TPSA) is 109 Å². The summed E-state index contributed by atoms with van der Waals surface area (Å²) in [6.07, 6.45) is 6.26. The Bertz CT molecular complexity index is 789. The number of nitriles is 1. The summed E-state index contributed by atoms with van der Waals surface area (Å²) in [5, 5.41) is 33.8. The molecule has 0 radical (unpaired) electrons. The molecule has 27 heavy (non-hydrogen) atoms. The van der Waals surface area contributed by atoms with E-state index in [1.165, 1.54) is 11.3 Å².